The molecule has 0 amide bonds. The Morgan fingerprint density at radius 3 is 2.74 bits per heavy atom. The Labute approximate surface area is 106 Å². The molecule has 0 saturated heterocycles. The molecule has 0 bridgehead atoms. The minimum absolute atomic E-state index is 0.0603. The van der Waals surface area contributed by atoms with Crippen LogP contribution in [-0.2, 0) is 10.9 Å². The lowest BCUT2D eigenvalue weighted by Gasteiger charge is -2.07. The molecule has 1 N–H and O–H groups in total. The van der Waals surface area contributed by atoms with Crippen molar-refractivity contribution < 1.29 is 22.7 Å². The van der Waals surface area contributed by atoms with Crippen molar-refractivity contribution in [2.24, 2.45) is 0 Å². The van der Waals surface area contributed by atoms with E-state index in [1.807, 2.05) is 0 Å². The van der Waals surface area contributed by atoms with Crippen LogP contribution in [-0.4, -0.2) is 23.0 Å². The normalized spacial score (nSPS) is 11.4. The first-order valence-electron chi connectivity index (χ1n) is 5.23. The zero-order valence-electron chi connectivity index (χ0n) is 9.78. The summed E-state index contributed by atoms with van der Waals surface area (Å²) < 4.78 is 42.2. The average Bonchev–Trinajstić information content (AvgIpc) is 2.86. The second-order valence-corrected chi connectivity index (χ2v) is 3.72. The van der Waals surface area contributed by atoms with E-state index in [0.29, 0.717) is 5.69 Å². The summed E-state index contributed by atoms with van der Waals surface area (Å²) in [7, 11) is 1.19. The third-order valence-electron chi connectivity index (χ3n) is 2.46. The van der Waals surface area contributed by atoms with Gasteiger partial charge in [-0.15, -0.1) is 0 Å². The summed E-state index contributed by atoms with van der Waals surface area (Å²) in [6, 6.07) is 4.73. The highest BCUT2D eigenvalue weighted by Crippen LogP contribution is 2.31. The lowest BCUT2D eigenvalue weighted by atomic mass is 10.1. The molecule has 0 spiro atoms. The van der Waals surface area contributed by atoms with Crippen LogP contribution in [0.25, 0.3) is 11.3 Å². The van der Waals surface area contributed by atoms with Gasteiger partial charge in [0, 0.05) is 5.56 Å². The number of rotatable bonds is 2. The van der Waals surface area contributed by atoms with Crippen molar-refractivity contribution in [3.63, 3.8) is 0 Å². The molecular formula is C12H9F3N2O2. The fourth-order valence-corrected chi connectivity index (χ4v) is 1.53. The number of hydrogen-bond donors (Lipinski definition) is 1. The minimum atomic E-state index is -4.42. The Kier molecular flexibility index (Phi) is 3.28. The van der Waals surface area contributed by atoms with E-state index in [-0.39, 0.29) is 11.4 Å². The number of imidazole rings is 1. The average molecular weight is 270 g/mol. The van der Waals surface area contributed by atoms with Gasteiger partial charge in [-0.1, -0.05) is 12.1 Å². The van der Waals surface area contributed by atoms with Crippen LogP contribution in [0.5, 0.6) is 0 Å². The number of H-pyrrole nitrogens is 1. The molecular weight excluding hydrogens is 261 g/mol. The van der Waals surface area contributed by atoms with Gasteiger partial charge in [-0.25, -0.2) is 9.78 Å². The number of aromatic amines is 1. The summed E-state index contributed by atoms with van der Waals surface area (Å²) >= 11 is 0. The summed E-state index contributed by atoms with van der Waals surface area (Å²) in [6.45, 7) is 0. The van der Waals surface area contributed by atoms with E-state index in [1.54, 1.807) is 0 Å². The number of nitrogens with zero attached hydrogens (tertiary/aromatic N) is 1. The summed E-state index contributed by atoms with van der Waals surface area (Å²) in [5, 5.41) is 0. The van der Waals surface area contributed by atoms with E-state index in [9.17, 15) is 18.0 Å². The molecule has 4 nitrogen and oxygen atoms in total. The van der Waals surface area contributed by atoms with Gasteiger partial charge < -0.3 is 9.72 Å². The van der Waals surface area contributed by atoms with Gasteiger partial charge in [0.2, 0.25) is 5.82 Å². The number of hydrogen-bond acceptors (Lipinski definition) is 3. The Bertz CT molecular complexity index is 605. The lowest BCUT2D eigenvalue weighted by molar-refractivity contribution is -0.137. The molecule has 0 fully saturated rings. The number of ether oxygens (including phenoxy) is 1. The quantitative estimate of drug-likeness (QED) is 0.854. The van der Waals surface area contributed by atoms with Crippen LogP contribution in [0.15, 0.2) is 30.5 Å². The molecule has 1 heterocycles. The zero-order chi connectivity index (χ0) is 14.0. The third-order valence-corrected chi connectivity index (χ3v) is 2.46. The highest BCUT2D eigenvalue weighted by atomic mass is 19.4. The predicted octanol–water partition coefficient (Wildman–Crippen LogP) is 2.88. The minimum Gasteiger partial charge on any atom is -0.463 e. The molecule has 1 aromatic carbocycles. The van der Waals surface area contributed by atoms with Crippen molar-refractivity contribution in [2.75, 3.05) is 7.11 Å². The van der Waals surface area contributed by atoms with Gasteiger partial charge in [-0.05, 0) is 12.1 Å². The van der Waals surface area contributed by atoms with E-state index in [1.165, 1.54) is 25.4 Å². The largest absolute Gasteiger partial charge is 0.463 e. The van der Waals surface area contributed by atoms with Gasteiger partial charge in [0.05, 0.1) is 24.6 Å². The maximum absolute atomic E-state index is 12.6. The number of nitrogens with one attached hydrogen (secondary N) is 1. The van der Waals surface area contributed by atoms with E-state index in [0.717, 1.165) is 12.1 Å². The van der Waals surface area contributed by atoms with Crippen molar-refractivity contribution in [3.05, 3.63) is 41.9 Å². The Morgan fingerprint density at radius 1 is 1.37 bits per heavy atom. The molecule has 0 unspecified atom stereocenters. The molecule has 0 saturated carbocycles. The second-order valence-electron chi connectivity index (χ2n) is 3.72. The molecule has 2 aromatic rings. The summed E-state index contributed by atoms with van der Waals surface area (Å²) in [5.74, 6) is -0.742. The Hall–Kier alpha value is -2.31. The standard InChI is InChI=1S/C12H9F3N2O2/c1-19-11(18)10-16-6-9(17-10)7-3-2-4-8(5-7)12(13,14)15/h2-6H,1H3,(H,16,17). The lowest BCUT2D eigenvalue weighted by Crippen LogP contribution is -2.04. The topological polar surface area (TPSA) is 55.0 Å². The molecule has 1 aromatic heterocycles. The van der Waals surface area contributed by atoms with E-state index >= 15 is 0 Å². The molecule has 0 aliphatic heterocycles. The molecule has 0 atom stereocenters. The first-order chi connectivity index (χ1) is 8.91. The van der Waals surface area contributed by atoms with Gasteiger partial charge in [0.25, 0.3) is 0 Å². The number of benzene rings is 1. The monoisotopic (exact) mass is 270 g/mol. The van der Waals surface area contributed by atoms with Crippen LogP contribution in [0.1, 0.15) is 16.2 Å². The van der Waals surface area contributed by atoms with Crippen LogP contribution in [0.2, 0.25) is 0 Å². The number of aromatic nitrogens is 2. The molecule has 0 aliphatic rings. The van der Waals surface area contributed by atoms with Gasteiger partial charge in [0.1, 0.15) is 0 Å². The Morgan fingerprint density at radius 2 is 2.11 bits per heavy atom. The number of esters is 1. The maximum Gasteiger partial charge on any atom is 0.416 e. The number of alkyl halides is 3. The molecule has 100 valence electrons. The number of carbonyl (C=O) groups excluding carboxylic acids is 1. The summed E-state index contributed by atoms with van der Waals surface area (Å²) in [5.41, 5.74) is -0.164. The van der Waals surface area contributed by atoms with Gasteiger partial charge in [-0.2, -0.15) is 13.2 Å². The van der Waals surface area contributed by atoms with Crippen LogP contribution < -0.4 is 0 Å². The first-order valence-corrected chi connectivity index (χ1v) is 5.23. The van der Waals surface area contributed by atoms with Gasteiger partial charge in [0.15, 0.2) is 0 Å². The van der Waals surface area contributed by atoms with Crippen molar-refractivity contribution in [2.45, 2.75) is 6.18 Å². The predicted molar refractivity (Wildman–Crippen MR) is 60.4 cm³/mol. The van der Waals surface area contributed by atoms with E-state index in [2.05, 4.69) is 14.7 Å². The van der Waals surface area contributed by atoms with Crippen molar-refractivity contribution >= 4 is 5.97 Å². The van der Waals surface area contributed by atoms with Crippen LogP contribution >= 0.6 is 0 Å². The van der Waals surface area contributed by atoms with Gasteiger partial charge >= 0.3 is 12.1 Å². The molecule has 19 heavy (non-hydrogen) atoms. The smallest absolute Gasteiger partial charge is 0.416 e. The van der Waals surface area contributed by atoms with E-state index < -0.39 is 17.7 Å². The van der Waals surface area contributed by atoms with Crippen LogP contribution in [0.3, 0.4) is 0 Å². The first kappa shape index (κ1) is 13.1. The van der Waals surface area contributed by atoms with Gasteiger partial charge in [-0.3, -0.25) is 0 Å². The third kappa shape index (κ3) is 2.75. The molecule has 0 aliphatic carbocycles. The second kappa shape index (κ2) is 4.75. The molecule has 2 rings (SSSR count). The summed E-state index contributed by atoms with van der Waals surface area (Å²) in [4.78, 5) is 17.5. The fraction of sp³-hybridized carbons (Fsp3) is 0.167. The number of halogens is 3. The maximum atomic E-state index is 12.6. The van der Waals surface area contributed by atoms with Crippen LogP contribution in [0, 0.1) is 0 Å². The summed E-state index contributed by atoms with van der Waals surface area (Å²) in [6.07, 6.45) is -3.14. The fourth-order valence-electron chi connectivity index (χ4n) is 1.53. The number of carbonyl (C=O) groups is 1. The molecule has 7 heteroatoms. The highest BCUT2D eigenvalue weighted by Gasteiger charge is 2.30. The van der Waals surface area contributed by atoms with E-state index in [4.69, 9.17) is 0 Å². The van der Waals surface area contributed by atoms with Crippen LogP contribution in [0.4, 0.5) is 13.2 Å². The van der Waals surface area contributed by atoms with Crippen molar-refractivity contribution in [1.82, 2.24) is 9.97 Å². The highest BCUT2D eigenvalue weighted by molar-refractivity contribution is 5.86. The number of methoxy groups -OCH3 is 1. The Balaban J connectivity index is 2.37. The van der Waals surface area contributed by atoms with Crippen molar-refractivity contribution in [1.29, 1.82) is 0 Å². The zero-order valence-corrected chi connectivity index (χ0v) is 9.78. The van der Waals surface area contributed by atoms with Crippen molar-refractivity contribution in [3.8, 4) is 11.3 Å². The SMILES string of the molecule is COC(=O)c1ncc(-c2cccc(C(F)(F)F)c2)[nH]1. The molecule has 0 radical (unpaired) electrons.